The number of ether oxygens (including phenoxy) is 3. The molecule has 3 N–H and O–H groups in total. The van der Waals surface area contributed by atoms with Crippen LogP contribution in [0.3, 0.4) is 0 Å². The zero-order valence-electron chi connectivity index (χ0n) is 22.1. The summed E-state index contributed by atoms with van der Waals surface area (Å²) in [7, 11) is 0. The fourth-order valence-electron chi connectivity index (χ4n) is 3.42. The van der Waals surface area contributed by atoms with E-state index < -0.39 is 59.0 Å². The highest BCUT2D eigenvalue weighted by molar-refractivity contribution is 5.77. The fourth-order valence-corrected chi connectivity index (χ4v) is 3.42. The van der Waals surface area contributed by atoms with E-state index >= 15 is 0 Å². The maximum absolute atomic E-state index is 12.8. The number of aliphatic carboxylic acids is 1. The molecule has 34 heavy (non-hydrogen) atoms. The molecule has 10 nitrogen and oxygen atoms in total. The first kappa shape index (κ1) is 30.3. The number of aliphatic hydroxyl groups is 1. The van der Waals surface area contributed by atoms with Crippen LogP contribution in [0, 0.1) is 0 Å². The van der Waals surface area contributed by atoms with E-state index in [4.69, 9.17) is 14.2 Å². The summed E-state index contributed by atoms with van der Waals surface area (Å²) in [5, 5.41) is 23.0. The number of nitrogens with one attached hydrogen (secondary N) is 1. The lowest BCUT2D eigenvalue weighted by Gasteiger charge is -2.40. The van der Waals surface area contributed by atoms with Gasteiger partial charge in [-0.25, -0.2) is 4.79 Å². The third-order valence-corrected chi connectivity index (χ3v) is 4.82. The highest BCUT2D eigenvalue weighted by Gasteiger charge is 2.39. The number of nitrogens with zero attached hydrogens (tertiary/aromatic N) is 1. The molecule has 1 heterocycles. The summed E-state index contributed by atoms with van der Waals surface area (Å²) in [5.41, 5.74) is -2.06. The first-order valence-electron chi connectivity index (χ1n) is 11.8. The van der Waals surface area contributed by atoms with Gasteiger partial charge in [0, 0.05) is 13.1 Å². The Hall–Kier alpha value is -1.75. The summed E-state index contributed by atoms with van der Waals surface area (Å²) < 4.78 is 16.8. The Balaban J connectivity index is 2.90. The van der Waals surface area contributed by atoms with Gasteiger partial charge < -0.3 is 29.7 Å². The highest BCUT2D eigenvalue weighted by atomic mass is 16.6. The number of carboxylic acids is 1. The number of carboxylic acid groups (broad SMARTS) is 1. The van der Waals surface area contributed by atoms with E-state index in [1.165, 1.54) is 0 Å². The van der Waals surface area contributed by atoms with Crippen molar-refractivity contribution in [2.75, 3.05) is 19.6 Å². The predicted molar refractivity (Wildman–Crippen MR) is 126 cm³/mol. The van der Waals surface area contributed by atoms with Gasteiger partial charge in [-0.05, 0) is 81.7 Å². The number of carbonyl (C=O) groups excluding carboxylic acids is 2. The molecule has 0 amide bonds. The molecule has 1 aliphatic heterocycles. The predicted octanol–water partition coefficient (Wildman–Crippen LogP) is 1.72. The van der Waals surface area contributed by atoms with Gasteiger partial charge in [-0.3, -0.25) is 14.5 Å². The van der Waals surface area contributed by atoms with Crippen molar-refractivity contribution in [3.8, 4) is 0 Å². The van der Waals surface area contributed by atoms with Crippen molar-refractivity contribution < 1.29 is 38.8 Å². The molecule has 0 saturated carbocycles. The van der Waals surface area contributed by atoms with Crippen LogP contribution in [-0.4, -0.2) is 93.7 Å². The number of aliphatic hydroxyl groups excluding tert-OH is 1. The van der Waals surface area contributed by atoms with Gasteiger partial charge >= 0.3 is 17.9 Å². The van der Waals surface area contributed by atoms with Crippen molar-refractivity contribution in [2.24, 2.45) is 0 Å². The lowest BCUT2D eigenvalue weighted by molar-refractivity contribution is -0.177. The second-order valence-electron chi connectivity index (χ2n) is 11.7. The molecule has 198 valence electrons. The smallest absolute Gasteiger partial charge is 0.335 e. The maximum atomic E-state index is 12.8. The Morgan fingerprint density at radius 1 is 0.941 bits per heavy atom. The molecule has 4 atom stereocenters. The minimum Gasteiger partial charge on any atom is -0.480 e. The van der Waals surface area contributed by atoms with Crippen LogP contribution in [0.5, 0.6) is 0 Å². The highest BCUT2D eigenvalue weighted by Crippen LogP contribution is 2.20. The first-order chi connectivity index (χ1) is 15.3. The van der Waals surface area contributed by atoms with Crippen molar-refractivity contribution in [1.82, 2.24) is 10.2 Å². The zero-order valence-corrected chi connectivity index (χ0v) is 22.1. The molecule has 0 aromatic heterocycles. The van der Waals surface area contributed by atoms with Crippen LogP contribution in [-0.2, 0) is 28.6 Å². The van der Waals surface area contributed by atoms with Crippen LogP contribution in [0.2, 0.25) is 0 Å². The topological polar surface area (TPSA) is 135 Å². The number of esters is 2. The van der Waals surface area contributed by atoms with Gasteiger partial charge in [-0.15, -0.1) is 0 Å². The number of rotatable bonds is 11. The molecule has 0 bridgehead atoms. The molecule has 0 radical (unpaired) electrons. The monoisotopic (exact) mass is 488 g/mol. The fraction of sp³-hybridized carbons (Fsp3) is 0.875. The number of hydrogen-bond donors (Lipinski definition) is 3. The summed E-state index contributed by atoms with van der Waals surface area (Å²) in [4.78, 5) is 38.4. The third-order valence-electron chi connectivity index (χ3n) is 4.82. The Morgan fingerprint density at radius 3 is 1.88 bits per heavy atom. The van der Waals surface area contributed by atoms with E-state index in [9.17, 15) is 24.6 Å². The summed E-state index contributed by atoms with van der Waals surface area (Å²) >= 11 is 0. The normalized spacial score (nSPS) is 20.1. The van der Waals surface area contributed by atoms with E-state index in [1.54, 1.807) is 46.4 Å². The first-order valence-corrected chi connectivity index (χ1v) is 11.8. The summed E-state index contributed by atoms with van der Waals surface area (Å²) in [6, 6.07) is -1.78. The van der Waals surface area contributed by atoms with Crippen molar-refractivity contribution >= 4 is 17.9 Å². The molecule has 0 aliphatic carbocycles. The lowest BCUT2D eigenvalue weighted by Crippen LogP contribution is -2.59. The molecule has 10 heteroatoms. The van der Waals surface area contributed by atoms with Crippen LogP contribution < -0.4 is 5.32 Å². The van der Waals surface area contributed by atoms with Gasteiger partial charge in [0.1, 0.15) is 23.3 Å². The average Bonchev–Trinajstić information content (AvgIpc) is 2.56. The minimum absolute atomic E-state index is 0.00185. The van der Waals surface area contributed by atoms with Crippen molar-refractivity contribution in [3.05, 3.63) is 0 Å². The Kier molecular flexibility index (Phi) is 10.5. The molecule has 0 spiro atoms. The third kappa shape index (κ3) is 11.1. The quantitative estimate of drug-likeness (QED) is 0.369. The average molecular weight is 489 g/mol. The number of carbonyl (C=O) groups is 3. The van der Waals surface area contributed by atoms with Crippen LogP contribution in [0.4, 0.5) is 0 Å². The maximum Gasteiger partial charge on any atom is 0.335 e. The largest absolute Gasteiger partial charge is 0.480 e. The van der Waals surface area contributed by atoms with Crippen LogP contribution in [0.25, 0.3) is 0 Å². The standard InChI is InChI=1S/C24H44N2O8/c1-22(2,3)32-17(20(30)33-23(4,5)6)10-12-25-18(21(31)34-24(7,8)9)16(27)14-26-13-11-15(26)19(28)29/h15-18,25,27H,10-14H2,1-9H3,(H,28,29)/t15-,16?,17-,18-/m0/s1. The Bertz CT molecular complexity index is 705. The van der Waals surface area contributed by atoms with Gasteiger partial charge in [0.15, 0.2) is 6.10 Å². The van der Waals surface area contributed by atoms with Crippen LogP contribution in [0.1, 0.15) is 75.2 Å². The van der Waals surface area contributed by atoms with Crippen molar-refractivity contribution in [3.63, 3.8) is 0 Å². The van der Waals surface area contributed by atoms with Gasteiger partial charge in [-0.1, -0.05) is 0 Å². The number of likely N-dealkylation sites (tertiary alicyclic amines) is 1. The van der Waals surface area contributed by atoms with Crippen LogP contribution >= 0.6 is 0 Å². The molecule has 1 rings (SSSR count). The molecular formula is C24H44N2O8. The second-order valence-corrected chi connectivity index (χ2v) is 11.7. The van der Waals surface area contributed by atoms with Crippen molar-refractivity contribution in [2.45, 2.75) is 116 Å². The molecule has 0 aromatic carbocycles. The molecule has 1 aliphatic rings. The van der Waals surface area contributed by atoms with Crippen LogP contribution in [0.15, 0.2) is 0 Å². The summed E-state index contributed by atoms with van der Waals surface area (Å²) in [6.45, 7) is 16.6. The molecule has 1 unspecified atom stereocenters. The van der Waals surface area contributed by atoms with Gasteiger partial charge in [0.05, 0.1) is 11.7 Å². The van der Waals surface area contributed by atoms with E-state index in [1.807, 2.05) is 20.8 Å². The number of β-amino-alcohol motifs (C(OH)–C–C–N with tert-alkyl or cyclic N) is 1. The lowest BCUT2D eigenvalue weighted by atomic mass is 10.0. The Labute approximate surface area is 203 Å². The van der Waals surface area contributed by atoms with E-state index in [0.717, 1.165) is 0 Å². The van der Waals surface area contributed by atoms with Crippen molar-refractivity contribution in [1.29, 1.82) is 0 Å². The summed E-state index contributed by atoms with van der Waals surface area (Å²) in [6.07, 6.45) is -1.40. The van der Waals surface area contributed by atoms with E-state index in [2.05, 4.69) is 5.32 Å². The van der Waals surface area contributed by atoms with Gasteiger partial charge in [0.2, 0.25) is 0 Å². The Morgan fingerprint density at radius 2 is 1.47 bits per heavy atom. The molecule has 0 aromatic rings. The second kappa shape index (κ2) is 11.8. The van der Waals surface area contributed by atoms with E-state index in [-0.39, 0.29) is 19.5 Å². The van der Waals surface area contributed by atoms with E-state index in [0.29, 0.717) is 13.0 Å². The van der Waals surface area contributed by atoms with Gasteiger partial charge in [0.25, 0.3) is 0 Å². The molecule has 1 fully saturated rings. The van der Waals surface area contributed by atoms with Gasteiger partial charge in [-0.2, -0.15) is 0 Å². The summed E-state index contributed by atoms with van der Waals surface area (Å²) in [5.74, 6) is -2.12. The SMILES string of the molecule is CC(C)(C)OC(=O)[C@H](CCN[C@H](C(=O)OC(C)(C)C)C(O)CN1CC[C@H]1C(=O)O)OC(C)(C)C. The number of hydrogen-bond acceptors (Lipinski definition) is 9. The molecule has 1 saturated heterocycles. The molecular weight excluding hydrogens is 444 g/mol. The minimum atomic E-state index is -1.21. The zero-order chi connectivity index (χ0) is 26.5.